The number of allylic oxidation sites excluding steroid dienone is 1. The highest BCUT2D eigenvalue weighted by molar-refractivity contribution is 8.13. The van der Waals surface area contributed by atoms with Crippen LogP contribution in [0.5, 0.6) is 11.5 Å². The van der Waals surface area contributed by atoms with Gasteiger partial charge in [-0.1, -0.05) is 42.1 Å². The highest BCUT2D eigenvalue weighted by Gasteiger charge is 2.31. The number of amidine groups is 1. The third-order valence-corrected chi connectivity index (χ3v) is 6.45. The van der Waals surface area contributed by atoms with Crippen molar-refractivity contribution in [1.29, 1.82) is 0 Å². The van der Waals surface area contributed by atoms with E-state index in [0.717, 1.165) is 11.1 Å². The van der Waals surface area contributed by atoms with Gasteiger partial charge >= 0.3 is 0 Å². The number of amides is 1. The summed E-state index contributed by atoms with van der Waals surface area (Å²) in [6, 6.07) is 20.6. The monoisotopic (exact) mass is 491 g/mol. The van der Waals surface area contributed by atoms with Crippen LogP contribution in [0.1, 0.15) is 24.1 Å². The summed E-state index contributed by atoms with van der Waals surface area (Å²) in [5.74, 6) is 1.18. The molecule has 8 heteroatoms. The van der Waals surface area contributed by atoms with Crippen LogP contribution in [0.15, 0.2) is 89.1 Å². The minimum absolute atomic E-state index is 0.262. The standard InChI is InChI=1S/C27H26FN3O3S/c1-17-24(26(32)30-20-10-5-4-6-11-20)25(22-13-12-21(33-2)15-23(22)34-3)31-27(29-17)35-16-18-8-7-9-19(28)14-18/h4-15,25H,16H2,1-3H3,(H,29,31)(H,30,32)/t25-/m0/s1. The molecular formula is C27H26FN3O3S. The number of hydrogen-bond acceptors (Lipinski definition) is 6. The van der Waals surface area contributed by atoms with Crippen molar-refractivity contribution in [3.8, 4) is 11.5 Å². The number of halogens is 1. The molecule has 1 atom stereocenters. The Morgan fingerprint density at radius 1 is 1.06 bits per heavy atom. The Balaban J connectivity index is 1.68. The van der Waals surface area contributed by atoms with Gasteiger partial charge in [0.2, 0.25) is 0 Å². The quantitative estimate of drug-likeness (QED) is 0.444. The van der Waals surface area contributed by atoms with E-state index < -0.39 is 6.04 Å². The second kappa shape index (κ2) is 11.1. The lowest BCUT2D eigenvalue weighted by molar-refractivity contribution is -0.113. The van der Waals surface area contributed by atoms with Crippen LogP contribution in [-0.4, -0.2) is 25.3 Å². The number of nitrogens with zero attached hydrogens (tertiary/aromatic N) is 1. The SMILES string of the molecule is COc1ccc([C@@H]2N=C(SCc3cccc(F)c3)NC(C)=C2C(=O)Nc2ccccc2)c(OC)c1. The van der Waals surface area contributed by atoms with Gasteiger partial charge in [0.15, 0.2) is 5.17 Å². The molecule has 3 aromatic rings. The van der Waals surface area contributed by atoms with Gasteiger partial charge in [0.05, 0.1) is 19.8 Å². The fourth-order valence-corrected chi connectivity index (χ4v) is 4.67. The van der Waals surface area contributed by atoms with Gasteiger partial charge in [-0.25, -0.2) is 9.38 Å². The summed E-state index contributed by atoms with van der Waals surface area (Å²) >= 11 is 1.44. The van der Waals surface area contributed by atoms with Crippen molar-refractivity contribution in [2.24, 2.45) is 4.99 Å². The molecule has 0 saturated heterocycles. The number of aliphatic imine (C=N–C) groups is 1. The molecule has 4 rings (SSSR count). The van der Waals surface area contributed by atoms with E-state index in [0.29, 0.717) is 39.4 Å². The predicted molar refractivity (Wildman–Crippen MR) is 138 cm³/mol. The number of rotatable bonds is 7. The van der Waals surface area contributed by atoms with Crippen LogP contribution < -0.4 is 20.1 Å². The molecular weight excluding hydrogens is 465 g/mol. The van der Waals surface area contributed by atoms with Crippen LogP contribution in [0.25, 0.3) is 0 Å². The van der Waals surface area contributed by atoms with Crippen molar-refractivity contribution in [2.75, 3.05) is 19.5 Å². The molecule has 0 unspecified atom stereocenters. The predicted octanol–water partition coefficient (Wildman–Crippen LogP) is 5.69. The average molecular weight is 492 g/mol. The van der Waals surface area contributed by atoms with Crippen LogP contribution in [0.3, 0.4) is 0 Å². The maximum Gasteiger partial charge on any atom is 0.255 e. The van der Waals surface area contributed by atoms with E-state index in [2.05, 4.69) is 10.6 Å². The number of hydrogen-bond donors (Lipinski definition) is 2. The zero-order valence-electron chi connectivity index (χ0n) is 19.7. The van der Waals surface area contributed by atoms with Crippen molar-refractivity contribution in [2.45, 2.75) is 18.7 Å². The molecule has 1 heterocycles. The lowest BCUT2D eigenvalue weighted by atomic mass is 9.95. The van der Waals surface area contributed by atoms with Crippen LogP contribution in [-0.2, 0) is 10.5 Å². The summed E-state index contributed by atoms with van der Waals surface area (Å²) in [6.07, 6.45) is 0. The van der Waals surface area contributed by atoms with Crippen molar-refractivity contribution >= 4 is 28.5 Å². The molecule has 0 spiro atoms. The first kappa shape index (κ1) is 24.3. The third kappa shape index (κ3) is 5.84. The van der Waals surface area contributed by atoms with Crippen molar-refractivity contribution in [1.82, 2.24) is 5.32 Å². The van der Waals surface area contributed by atoms with Gasteiger partial charge < -0.3 is 20.1 Å². The summed E-state index contributed by atoms with van der Waals surface area (Å²) in [6.45, 7) is 1.85. The molecule has 0 saturated carbocycles. The summed E-state index contributed by atoms with van der Waals surface area (Å²) in [7, 11) is 3.16. The summed E-state index contributed by atoms with van der Waals surface area (Å²) in [5.41, 5.74) is 3.42. The van der Waals surface area contributed by atoms with Crippen LogP contribution in [0.2, 0.25) is 0 Å². The molecule has 1 aliphatic rings. The summed E-state index contributed by atoms with van der Waals surface area (Å²) in [4.78, 5) is 18.3. The van der Waals surface area contributed by atoms with Gasteiger partial charge in [0, 0.05) is 28.8 Å². The van der Waals surface area contributed by atoms with E-state index in [9.17, 15) is 9.18 Å². The summed E-state index contributed by atoms with van der Waals surface area (Å²) in [5, 5.41) is 6.84. The van der Waals surface area contributed by atoms with E-state index in [-0.39, 0.29) is 11.7 Å². The molecule has 1 amide bonds. The van der Waals surface area contributed by atoms with Gasteiger partial charge in [0.1, 0.15) is 23.4 Å². The molecule has 35 heavy (non-hydrogen) atoms. The minimum Gasteiger partial charge on any atom is -0.497 e. The zero-order chi connectivity index (χ0) is 24.8. The largest absolute Gasteiger partial charge is 0.497 e. The Morgan fingerprint density at radius 3 is 2.57 bits per heavy atom. The normalized spacial score (nSPS) is 15.2. The molecule has 0 aliphatic carbocycles. The molecule has 0 bridgehead atoms. The van der Waals surface area contributed by atoms with Crippen LogP contribution in [0, 0.1) is 5.82 Å². The van der Waals surface area contributed by atoms with Gasteiger partial charge in [0.25, 0.3) is 5.91 Å². The second-order valence-corrected chi connectivity index (χ2v) is 8.81. The molecule has 1 aliphatic heterocycles. The van der Waals surface area contributed by atoms with E-state index >= 15 is 0 Å². The Bertz CT molecular complexity index is 1280. The highest BCUT2D eigenvalue weighted by Crippen LogP contribution is 2.39. The molecule has 0 radical (unpaired) electrons. The highest BCUT2D eigenvalue weighted by atomic mass is 32.2. The number of anilines is 1. The average Bonchev–Trinajstić information content (AvgIpc) is 2.87. The Labute approximate surface area is 208 Å². The molecule has 2 N–H and O–H groups in total. The van der Waals surface area contributed by atoms with Crippen LogP contribution in [0.4, 0.5) is 10.1 Å². The molecule has 3 aromatic carbocycles. The van der Waals surface area contributed by atoms with Crippen molar-refractivity contribution in [3.63, 3.8) is 0 Å². The maximum absolute atomic E-state index is 13.6. The lowest BCUT2D eigenvalue weighted by Crippen LogP contribution is -2.32. The number of carbonyl (C=O) groups excluding carboxylic acids is 1. The number of thioether (sulfide) groups is 1. The number of ether oxygens (including phenoxy) is 2. The van der Waals surface area contributed by atoms with Gasteiger partial charge in [-0.15, -0.1) is 0 Å². The third-order valence-electron chi connectivity index (χ3n) is 5.49. The molecule has 6 nitrogen and oxygen atoms in total. The topological polar surface area (TPSA) is 72.0 Å². The summed E-state index contributed by atoms with van der Waals surface area (Å²) < 4.78 is 24.6. The Morgan fingerprint density at radius 2 is 1.86 bits per heavy atom. The maximum atomic E-state index is 13.6. The van der Waals surface area contributed by atoms with E-state index in [1.165, 1.54) is 23.9 Å². The Kier molecular flexibility index (Phi) is 7.72. The first-order valence-electron chi connectivity index (χ1n) is 11.0. The minimum atomic E-state index is -0.615. The number of carbonyl (C=O) groups is 1. The van der Waals surface area contributed by atoms with Gasteiger partial charge in [-0.3, -0.25) is 4.79 Å². The fourth-order valence-electron chi connectivity index (χ4n) is 3.78. The van der Waals surface area contributed by atoms with E-state index in [1.807, 2.05) is 55.5 Å². The molecule has 0 fully saturated rings. The van der Waals surface area contributed by atoms with Gasteiger partial charge in [-0.2, -0.15) is 0 Å². The van der Waals surface area contributed by atoms with E-state index in [1.54, 1.807) is 26.4 Å². The fraction of sp³-hybridized carbons (Fsp3) is 0.185. The smallest absolute Gasteiger partial charge is 0.255 e. The number of benzene rings is 3. The first-order chi connectivity index (χ1) is 17.0. The van der Waals surface area contributed by atoms with Crippen molar-refractivity contribution < 1.29 is 18.7 Å². The zero-order valence-corrected chi connectivity index (χ0v) is 20.5. The lowest BCUT2D eigenvalue weighted by Gasteiger charge is -2.27. The van der Waals surface area contributed by atoms with Crippen molar-refractivity contribution in [3.05, 3.63) is 101 Å². The van der Waals surface area contributed by atoms with E-state index in [4.69, 9.17) is 14.5 Å². The number of methoxy groups -OCH3 is 2. The first-order valence-corrected chi connectivity index (χ1v) is 12.0. The second-order valence-electron chi connectivity index (χ2n) is 7.85. The van der Waals surface area contributed by atoms with Crippen LogP contribution >= 0.6 is 11.8 Å². The van der Waals surface area contributed by atoms with Gasteiger partial charge in [-0.05, 0) is 48.9 Å². The number of para-hydroxylation sites is 1. The molecule has 0 aromatic heterocycles. The number of nitrogens with one attached hydrogen (secondary N) is 2. The Hall–Kier alpha value is -3.78. The molecule has 180 valence electrons.